The van der Waals surface area contributed by atoms with Gasteiger partial charge in [-0.25, -0.2) is 0 Å². The number of rotatable bonds is 4. The van der Waals surface area contributed by atoms with Gasteiger partial charge in [-0.05, 0) is 24.3 Å². The van der Waals surface area contributed by atoms with Crippen molar-refractivity contribution in [2.75, 3.05) is 10.6 Å². The Morgan fingerprint density at radius 3 is 2.12 bits per heavy atom. The van der Waals surface area contributed by atoms with Gasteiger partial charge in [0.25, 0.3) is 5.91 Å². The molecule has 0 heterocycles. The third-order valence-electron chi connectivity index (χ3n) is 3.17. The number of halogens is 3. The molecule has 25 heavy (non-hydrogen) atoms. The topological polar surface area (TPSA) is 82.0 Å². The Morgan fingerprint density at radius 2 is 1.52 bits per heavy atom. The third-order valence-corrected chi connectivity index (χ3v) is 3.17. The van der Waals surface area contributed by atoms with Gasteiger partial charge in [-0.2, -0.15) is 18.4 Å². The number of para-hydroxylation sites is 2. The fraction of sp³-hybridized carbons (Fsp3) is 0.118. The highest BCUT2D eigenvalue weighted by molar-refractivity contribution is 6.08. The standard InChI is InChI=1S/C17H12F3N3O2/c18-17(19,20)12-6-2-1-5-11(12)16(25)23-14-8-4-3-7-13(14)22-15(24)9-10-21/h1-8H,9H2,(H,22,24)(H,23,25). The van der Waals surface area contributed by atoms with Crippen LogP contribution in [0.15, 0.2) is 48.5 Å². The van der Waals surface area contributed by atoms with Crippen LogP contribution in [-0.4, -0.2) is 11.8 Å². The van der Waals surface area contributed by atoms with Crippen molar-refractivity contribution >= 4 is 23.2 Å². The maximum absolute atomic E-state index is 13.0. The van der Waals surface area contributed by atoms with E-state index in [1.165, 1.54) is 24.3 Å². The van der Waals surface area contributed by atoms with Gasteiger partial charge in [-0.15, -0.1) is 0 Å². The van der Waals surface area contributed by atoms with Gasteiger partial charge in [0, 0.05) is 0 Å². The van der Waals surface area contributed by atoms with E-state index in [1.54, 1.807) is 18.2 Å². The summed E-state index contributed by atoms with van der Waals surface area (Å²) in [5.74, 6) is -1.56. The zero-order valence-corrected chi connectivity index (χ0v) is 12.7. The van der Waals surface area contributed by atoms with Crippen LogP contribution in [0.4, 0.5) is 24.5 Å². The average Bonchev–Trinajstić information content (AvgIpc) is 2.56. The van der Waals surface area contributed by atoms with Gasteiger partial charge in [-0.1, -0.05) is 24.3 Å². The molecule has 2 amide bonds. The molecule has 2 aromatic rings. The van der Waals surface area contributed by atoms with Crippen LogP contribution in [0.2, 0.25) is 0 Å². The molecule has 2 rings (SSSR count). The van der Waals surface area contributed by atoms with Crippen LogP contribution in [0, 0.1) is 11.3 Å². The maximum atomic E-state index is 13.0. The lowest BCUT2D eigenvalue weighted by Crippen LogP contribution is -2.20. The Bertz CT molecular complexity index is 842. The molecule has 0 bridgehead atoms. The van der Waals surface area contributed by atoms with Crippen LogP contribution in [0.3, 0.4) is 0 Å². The molecule has 2 aromatic carbocycles. The molecule has 8 heteroatoms. The number of nitrogens with one attached hydrogen (secondary N) is 2. The summed E-state index contributed by atoms with van der Waals surface area (Å²) < 4.78 is 39.0. The summed E-state index contributed by atoms with van der Waals surface area (Å²) in [5.41, 5.74) is -1.29. The summed E-state index contributed by atoms with van der Waals surface area (Å²) in [6, 6.07) is 12.1. The third kappa shape index (κ3) is 4.57. The first-order valence-corrected chi connectivity index (χ1v) is 7.06. The van der Waals surface area contributed by atoms with Gasteiger partial charge in [0.1, 0.15) is 6.42 Å². The van der Waals surface area contributed by atoms with Crippen molar-refractivity contribution in [3.63, 3.8) is 0 Å². The Balaban J connectivity index is 2.28. The van der Waals surface area contributed by atoms with E-state index in [-0.39, 0.29) is 17.8 Å². The van der Waals surface area contributed by atoms with E-state index < -0.39 is 29.1 Å². The first-order valence-electron chi connectivity index (χ1n) is 7.06. The smallest absolute Gasteiger partial charge is 0.323 e. The summed E-state index contributed by atoms with van der Waals surface area (Å²) >= 11 is 0. The first kappa shape index (κ1) is 18.0. The normalized spacial score (nSPS) is 10.6. The van der Waals surface area contributed by atoms with Gasteiger partial charge in [0.05, 0.1) is 28.6 Å². The van der Waals surface area contributed by atoms with E-state index in [0.717, 1.165) is 12.1 Å². The molecular formula is C17H12F3N3O2. The van der Waals surface area contributed by atoms with E-state index in [0.29, 0.717) is 0 Å². The Kier molecular flexibility index (Phi) is 5.39. The van der Waals surface area contributed by atoms with E-state index in [1.807, 2.05) is 0 Å². The Hall–Kier alpha value is -3.34. The highest BCUT2D eigenvalue weighted by Crippen LogP contribution is 2.32. The first-order chi connectivity index (χ1) is 11.8. The maximum Gasteiger partial charge on any atom is 0.417 e. The van der Waals surface area contributed by atoms with E-state index in [4.69, 9.17) is 5.26 Å². The second-order valence-corrected chi connectivity index (χ2v) is 4.93. The van der Waals surface area contributed by atoms with Gasteiger partial charge in [0.2, 0.25) is 5.91 Å². The van der Waals surface area contributed by atoms with Crippen LogP contribution in [0.25, 0.3) is 0 Å². The monoisotopic (exact) mass is 347 g/mol. The molecule has 0 saturated heterocycles. The molecule has 128 valence electrons. The van der Waals surface area contributed by atoms with Crippen molar-refractivity contribution in [2.45, 2.75) is 12.6 Å². The molecule has 0 fully saturated rings. The second kappa shape index (κ2) is 7.49. The van der Waals surface area contributed by atoms with Gasteiger partial charge in [-0.3, -0.25) is 9.59 Å². The van der Waals surface area contributed by atoms with E-state index >= 15 is 0 Å². The predicted octanol–water partition coefficient (Wildman–Crippen LogP) is 3.81. The fourth-order valence-corrected chi connectivity index (χ4v) is 2.09. The second-order valence-electron chi connectivity index (χ2n) is 4.93. The van der Waals surface area contributed by atoms with Gasteiger partial charge >= 0.3 is 6.18 Å². The molecule has 0 unspecified atom stereocenters. The number of carbonyl (C=O) groups is 2. The Morgan fingerprint density at radius 1 is 0.960 bits per heavy atom. The number of alkyl halides is 3. The largest absolute Gasteiger partial charge is 0.417 e. The summed E-state index contributed by atoms with van der Waals surface area (Å²) in [5, 5.41) is 13.3. The van der Waals surface area contributed by atoms with Crippen molar-refractivity contribution < 1.29 is 22.8 Å². The van der Waals surface area contributed by atoms with Crippen molar-refractivity contribution in [3.8, 4) is 6.07 Å². The van der Waals surface area contributed by atoms with Crippen LogP contribution in [0.5, 0.6) is 0 Å². The number of benzene rings is 2. The zero-order valence-electron chi connectivity index (χ0n) is 12.7. The summed E-state index contributed by atoms with van der Waals surface area (Å²) in [6.45, 7) is 0. The van der Waals surface area contributed by atoms with Crippen LogP contribution >= 0.6 is 0 Å². The number of carbonyl (C=O) groups excluding carboxylic acids is 2. The lowest BCUT2D eigenvalue weighted by atomic mass is 10.1. The molecular weight excluding hydrogens is 335 g/mol. The van der Waals surface area contributed by atoms with Crippen LogP contribution < -0.4 is 10.6 Å². The number of hydrogen-bond acceptors (Lipinski definition) is 3. The molecule has 0 aliphatic rings. The van der Waals surface area contributed by atoms with Gasteiger partial charge < -0.3 is 10.6 Å². The minimum absolute atomic E-state index is 0.121. The Labute approximate surface area is 141 Å². The number of hydrogen-bond donors (Lipinski definition) is 2. The molecule has 2 N–H and O–H groups in total. The predicted molar refractivity (Wildman–Crippen MR) is 84.7 cm³/mol. The highest BCUT2D eigenvalue weighted by Gasteiger charge is 2.34. The quantitative estimate of drug-likeness (QED) is 0.882. The average molecular weight is 347 g/mol. The zero-order chi connectivity index (χ0) is 18.4. The van der Waals surface area contributed by atoms with Crippen LogP contribution in [-0.2, 0) is 11.0 Å². The molecule has 0 aliphatic heterocycles. The minimum Gasteiger partial charge on any atom is -0.323 e. The lowest BCUT2D eigenvalue weighted by molar-refractivity contribution is -0.137. The van der Waals surface area contributed by atoms with Crippen LogP contribution in [0.1, 0.15) is 22.3 Å². The minimum atomic E-state index is -4.67. The number of amides is 2. The molecule has 0 aromatic heterocycles. The fourth-order valence-electron chi connectivity index (χ4n) is 2.09. The summed E-state index contributed by atoms with van der Waals surface area (Å²) in [6.07, 6.45) is -5.06. The molecule has 0 aliphatic carbocycles. The SMILES string of the molecule is N#CCC(=O)Nc1ccccc1NC(=O)c1ccccc1C(F)(F)F. The van der Waals surface area contributed by atoms with Crippen molar-refractivity contribution in [2.24, 2.45) is 0 Å². The summed E-state index contributed by atoms with van der Waals surface area (Å²) in [4.78, 5) is 23.8. The van der Waals surface area contributed by atoms with Crippen molar-refractivity contribution in [1.29, 1.82) is 5.26 Å². The van der Waals surface area contributed by atoms with E-state index in [2.05, 4.69) is 10.6 Å². The number of anilines is 2. The molecule has 5 nitrogen and oxygen atoms in total. The number of nitrogens with zero attached hydrogens (tertiary/aromatic N) is 1. The molecule has 0 radical (unpaired) electrons. The molecule has 0 saturated carbocycles. The van der Waals surface area contributed by atoms with Crippen molar-refractivity contribution in [3.05, 3.63) is 59.7 Å². The number of nitriles is 1. The van der Waals surface area contributed by atoms with E-state index in [9.17, 15) is 22.8 Å². The summed E-state index contributed by atoms with van der Waals surface area (Å²) in [7, 11) is 0. The van der Waals surface area contributed by atoms with Gasteiger partial charge in [0.15, 0.2) is 0 Å². The van der Waals surface area contributed by atoms with Crippen molar-refractivity contribution in [1.82, 2.24) is 0 Å². The molecule has 0 spiro atoms. The highest BCUT2D eigenvalue weighted by atomic mass is 19.4. The molecule has 0 atom stereocenters. The lowest BCUT2D eigenvalue weighted by Gasteiger charge is -2.14.